The first kappa shape index (κ1) is 18.9. The van der Waals surface area contributed by atoms with Crippen LogP contribution in [0, 0.1) is 0 Å². The van der Waals surface area contributed by atoms with Crippen LogP contribution < -0.4 is 0 Å². The molecule has 2 rings (SSSR count). The summed E-state index contributed by atoms with van der Waals surface area (Å²) in [5, 5.41) is 76.5. The van der Waals surface area contributed by atoms with Crippen LogP contribution in [0.5, 0.6) is 0 Å². The SMILES string of the molecule is OC[C@H]1O[C@@H](O[C@H]2[C@H](O)[C@@H](O)[11CH](O)O[C@@H]2CO)[C@H](O)[C@@H](O)[C@H]1O. The predicted octanol–water partition coefficient (Wildman–Crippen LogP) is -5.40. The maximum Gasteiger partial charge on any atom is 0.187 e. The maximum absolute atomic E-state index is 9.94. The van der Waals surface area contributed by atoms with Crippen LogP contribution >= 0.6 is 0 Å². The maximum atomic E-state index is 9.94. The van der Waals surface area contributed by atoms with Gasteiger partial charge in [-0.2, -0.15) is 0 Å². The molecule has 0 saturated carbocycles. The molecule has 1 unspecified atom stereocenters. The monoisotopic (exact) mass is 341 g/mol. The second kappa shape index (κ2) is 7.63. The number of aliphatic hydroxyl groups excluding tert-OH is 8. The zero-order valence-electron chi connectivity index (χ0n) is 12.0. The lowest BCUT2D eigenvalue weighted by atomic mass is 9.80. The van der Waals surface area contributed by atoms with Crippen molar-refractivity contribution < 1.29 is 55.1 Å². The molecule has 0 aliphatic carbocycles. The minimum atomic E-state index is -1.74. The number of rotatable bonds is 4. The first-order chi connectivity index (χ1) is 10.8. The molecule has 0 aromatic rings. The molecule has 11 heteroatoms. The Labute approximate surface area is 130 Å². The van der Waals surface area contributed by atoms with E-state index in [9.17, 15) is 35.7 Å². The molecule has 2 heterocycles. The molecule has 10 atom stereocenters. The van der Waals surface area contributed by atoms with E-state index in [-0.39, 0.29) is 0 Å². The van der Waals surface area contributed by atoms with Crippen molar-refractivity contribution >= 4 is 0 Å². The molecule has 136 valence electrons. The second-order valence-electron chi connectivity index (χ2n) is 5.53. The highest BCUT2D eigenvalue weighted by Crippen LogP contribution is 2.28. The summed E-state index contributed by atoms with van der Waals surface area (Å²) in [6, 6.07) is 0. The van der Waals surface area contributed by atoms with Crippen LogP contribution in [0.25, 0.3) is 0 Å². The van der Waals surface area contributed by atoms with Crippen molar-refractivity contribution in [2.75, 3.05) is 13.2 Å². The molecule has 23 heavy (non-hydrogen) atoms. The van der Waals surface area contributed by atoms with Crippen LogP contribution in [0.1, 0.15) is 0 Å². The van der Waals surface area contributed by atoms with Gasteiger partial charge in [0, 0.05) is 0 Å². The fourth-order valence-corrected chi connectivity index (χ4v) is 2.57. The van der Waals surface area contributed by atoms with Gasteiger partial charge in [-0.1, -0.05) is 0 Å². The summed E-state index contributed by atoms with van der Waals surface area (Å²) in [7, 11) is 0. The van der Waals surface area contributed by atoms with Crippen LogP contribution in [0.3, 0.4) is 0 Å². The number of ether oxygens (including phenoxy) is 3. The minimum absolute atomic E-state index is 0.667. The van der Waals surface area contributed by atoms with Crippen molar-refractivity contribution in [2.45, 2.75) is 61.4 Å². The average molecular weight is 341 g/mol. The van der Waals surface area contributed by atoms with Gasteiger partial charge in [-0.05, 0) is 0 Å². The minimum Gasteiger partial charge on any atom is -0.394 e. The van der Waals surface area contributed by atoms with Gasteiger partial charge in [0.15, 0.2) is 12.6 Å². The van der Waals surface area contributed by atoms with Crippen molar-refractivity contribution in [3.05, 3.63) is 0 Å². The third kappa shape index (κ3) is 3.65. The summed E-state index contributed by atoms with van der Waals surface area (Å²) in [6.07, 6.45) is -15.6. The Morgan fingerprint density at radius 3 is 1.83 bits per heavy atom. The highest BCUT2D eigenvalue weighted by Gasteiger charge is 2.50. The summed E-state index contributed by atoms with van der Waals surface area (Å²) in [5.74, 6) is 0. The molecule has 0 spiro atoms. The number of aliphatic hydroxyl groups is 8. The van der Waals surface area contributed by atoms with E-state index in [4.69, 9.17) is 19.3 Å². The van der Waals surface area contributed by atoms with E-state index in [0.29, 0.717) is 0 Å². The van der Waals surface area contributed by atoms with Crippen LogP contribution in [-0.2, 0) is 14.2 Å². The number of hydrogen-bond acceptors (Lipinski definition) is 11. The molecule has 8 N–H and O–H groups in total. The van der Waals surface area contributed by atoms with E-state index in [1.165, 1.54) is 0 Å². The third-order valence-electron chi connectivity index (χ3n) is 3.98. The van der Waals surface area contributed by atoms with Crippen LogP contribution in [-0.4, -0.2) is 115 Å². The molecule has 0 aromatic heterocycles. The highest BCUT2D eigenvalue weighted by molar-refractivity contribution is 4.93. The van der Waals surface area contributed by atoms with Gasteiger partial charge in [-0.25, -0.2) is 0 Å². The Balaban J connectivity index is 2.11. The molecule has 0 bridgehead atoms. The molecular formula is C12H22O11. The summed E-state index contributed by atoms with van der Waals surface area (Å²) in [5.41, 5.74) is 0. The number of hydrogen-bond donors (Lipinski definition) is 8. The normalized spacial score (nSPS) is 51.7. The summed E-state index contributed by atoms with van der Waals surface area (Å²) in [4.78, 5) is 0. The Kier molecular flexibility index (Phi) is 6.27. The van der Waals surface area contributed by atoms with Gasteiger partial charge >= 0.3 is 0 Å². The van der Waals surface area contributed by atoms with Gasteiger partial charge in [-0.15, -0.1) is 0 Å². The molecule has 11 nitrogen and oxygen atoms in total. The van der Waals surface area contributed by atoms with Crippen LogP contribution in [0.2, 0.25) is 0 Å². The molecule has 2 aliphatic rings. The molecule has 0 radical (unpaired) electrons. The highest BCUT2D eigenvalue weighted by atomic mass is 16.7. The Morgan fingerprint density at radius 2 is 1.26 bits per heavy atom. The standard InChI is InChI=1S/C12H22O11/c13-1-3-5(15)6(16)9(19)12(22-3)23-10-4(2-14)21-11(20)8(18)7(10)17/h3-20H,1-2H2/t3-,4-,5+,6+,7-,8-,9-,10-,11?,12+/m1/s1/i11-1. The summed E-state index contributed by atoms with van der Waals surface area (Å²) in [6.45, 7) is -1.35. The Hall–Kier alpha value is -0.440. The first-order valence-corrected chi connectivity index (χ1v) is 7.08. The van der Waals surface area contributed by atoms with Crippen molar-refractivity contribution in [3.8, 4) is 0 Å². The zero-order chi connectivity index (χ0) is 17.3. The summed E-state index contributed by atoms with van der Waals surface area (Å²) >= 11 is 0. The quantitative estimate of drug-likeness (QED) is 0.243. The van der Waals surface area contributed by atoms with Gasteiger partial charge < -0.3 is 55.1 Å². The Bertz CT molecular complexity index is 378. The van der Waals surface area contributed by atoms with Crippen molar-refractivity contribution in [1.82, 2.24) is 0 Å². The fraction of sp³-hybridized carbons (Fsp3) is 1.00. The first-order valence-electron chi connectivity index (χ1n) is 7.08. The van der Waals surface area contributed by atoms with E-state index in [0.717, 1.165) is 0 Å². The molecule has 2 fully saturated rings. The molecule has 2 saturated heterocycles. The van der Waals surface area contributed by atoms with Gasteiger partial charge in [-0.3, -0.25) is 0 Å². The van der Waals surface area contributed by atoms with E-state index in [1.54, 1.807) is 0 Å². The fourth-order valence-electron chi connectivity index (χ4n) is 2.57. The lowest BCUT2D eigenvalue weighted by molar-refractivity contribution is -0.355. The van der Waals surface area contributed by atoms with Gasteiger partial charge in [0.1, 0.15) is 48.8 Å². The van der Waals surface area contributed by atoms with Crippen LogP contribution in [0.4, 0.5) is 0 Å². The van der Waals surface area contributed by atoms with E-state index in [1.807, 2.05) is 0 Å². The topological polar surface area (TPSA) is 190 Å². The van der Waals surface area contributed by atoms with Crippen molar-refractivity contribution in [1.29, 1.82) is 0 Å². The van der Waals surface area contributed by atoms with Gasteiger partial charge in [0.25, 0.3) is 0 Å². The van der Waals surface area contributed by atoms with E-state index >= 15 is 0 Å². The molecule has 2 aliphatic heterocycles. The van der Waals surface area contributed by atoms with Gasteiger partial charge in [0.2, 0.25) is 0 Å². The Morgan fingerprint density at radius 1 is 0.652 bits per heavy atom. The predicted molar refractivity (Wildman–Crippen MR) is 68.6 cm³/mol. The van der Waals surface area contributed by atoms with E-state index in [2.05, 4.69) is 0 Å². The molecule has 0 amide bonds. The lowest BCUT2D eigenvalue weighted by Gasteiger charge is -2.45. The largest absolute Gasteiger partial charge is 0.394 e. The molecule has 0 aromatic carbocycles. The second-order valence-corrected chi connectivity index (χ2v) is 5.53. The van der Waals surface area contributed by atoms with E-state index < -0.39 is 74.6 Å². The van der Waals surface area contributed by atoms with Crippen molar-refractivity contribution in [2.24, 2.45) is 0 Å². The lowest BCUT2D eigenvalue weighted by Crippen LogP contribution is -2.64. The zero-order valence-corrected chi connectivity index (χ0v) is 12.0. The molecular weight excluding hydrogens is 319 g/mol. The third-order valence-corrected chi connectivity index (χ3v) is 3.98. The van der Waals surface area contributed by atoms with Crippen LogP contribution in [0.15, 0.2) is 0 Å². The smallest absolute Gasteiger partial charge is 0.187 e. The van der Waals surface area contributed by atoms with Gasteiger partial charge in [0.05, 0.1) is 13.2 Å². The summed E-state index contributed by atoms with van der Waals surface area (Å²) < 4.78 is 15.3. The van der Waals surface area contributed by atoms with Crippen molar-refractivity contribution in [3.63, 3.8) is 0 Å². The average Bonchev–Trinajstić information content (AvgIpc) is 2.55.